The normalized spacial score (nSPS) is 39.1. The van der Waals surface area contributed by atoms with Crippen LogP contribution in [0.5, 0.6) is 0 Å². The van der Waals surface area contributed by atoms with E-state index in [1.807, 2.05) is 13.8 Å². The van der Waals surface area contributed by atoms with Gasteiger partial charge in [0.1, 0.15) is 37.1 Å². The zero-order valence-corrected chi connectivity index (χ0v) is 14.6. The molecule has 24 heavy (non-hydrogen) atoms. The highest BCUT2D eigenvalue weighted by Gasteiger charge is 2.65. The lowest BCUT2D eigenvalue weighted by Crippen LogP contribution is -2.60. The largest absolute Gasteiger partial charge is 0.459 e. The van der Waals surface area contributed by atoms with E-state index in [2.05, 4.69) is 0 Å². The van der Waals surface area contributed by atoms with Crippen LogP contribution < -0.4 is 0 Å². The van der Waals surface area contributed by atoms with E-state index in [-0.39, 0.29) is 31.5 Å². The Bertz CT molecular complexity index is 542. The molecular formula is C16H24O8. The zero-order chi connectivity index (χ0) is 17.8. The van der Waals surface area contributed by atoms with Gasteiger partial charge in [0.2, 0.25) is 5.79 Å². The van der Waals surface area contributed by atoms with E-state index in [1.54, 1.807) is 13.8 Å². The second-order valence-electron chi connectivity index (χ2n) is 7.34. The fourth-order valence-electron chi connectivity index (χ4n) is 3.38. The van der Waals surface area contributed by atoms with Crippen molar-refractivity contribution < 1.29 is 38.0 Å². The summed E-state index contributed by atoms with van der Waals surface area (Å²) in [5.74, 6) is -3.85. The second-order valence-corrected chi connectivity index (χ2v) is 7.34. The molecule has 8 heteroatoms. The average molecular weight is 344 g/mol. The standard InChI is InChI=1S/C16H24O8/c1-9(17)6-11(18)19-8-16-13(23-15(4,5)24-16)12-10(7-20-16)21-14(2,3)22-12/h10,12-13H,6-8H2,1-5H3/t10-,12-,13+,16+/m1/s1. The molecule has 0 saturated carbocycles. The number of ketones is 1. The predicted molar refractivity (Wildman–Crippen MR) is 78.8 cm³/mol. The minimum absolute atomic E-state index is 0.180. The van der Waals surface area contributed by atoms with Crippen molar-refractivity contribution in [1.82, 2.24) is 0 Å². The third-order valence-electron chi connectivity index (χ3n) is 4.10. The first-order chi connectivity index (χ1) is 11.0. The van der Waals surface area contributed by atoms with E-state index < -0.39 is 35.5 Å². The van der Waals surface area contributed by atoms with E-state index in [4.69, 9.17) is 28.4 Å². The van der Waals surface area contributed by atoms with Crippen molar-refractivity contribution in [2.45, 2.75) is 76.7 Å². The lowest BCUT2D eigenvalue weighted by molar-refractivity contribution is -0.296. The Balaban J connectivity index is 1.77. The molecular weight excluding hydrogens is 320 g/mol. The molecule has 3 aliphatic heterocycles. The van der Waals surface area contributed by atoms with Gasteiger partial charge in [0.25, 0.3) is 0 Å². The number of rotatable bonds is 4. The molecule has 136 valence electrons. The smallest absolute Gasteiger partial charge is 0.313 e. The van der Waals surface area contributed by atoms with Crippen LogP contribution in [-0.2, 0) is 38.0 Å². The van der Waals surface area contributed by atoms with Crippen LogP contribution in [0.2, 0.25) is 0 Å². The molecule has 3 fully saturated rings. The molecule has 0 aliphatic carbocycles. The van der Waals surface area contributed by atoms with Crippen LogP contribution >= 0.6 is 0 Å². The summed E-state index contributed by atoms with van der Waals surface area (Å²) in [6.07, 6.45) is -1.59. The molecule has 3 saturated heterocycles. The van der Waals surface area contributed by atoms with Gasteiger partial charge in [0.15, 0.2) is 11.6 Å². The van der Waals surface area contributed by atoms with Crippen molar-refractivity contribution in [1.29, 1.82) is 0 Å². The fourth-order valence-corrected chi connectivity index (χ4v) is 3.38. The van der Waals surface area contributed by atoms with Gasteiger partial charge >= 0.3 is 5.97 Å². The lowest BCUT2D eigenvalue weighted by atomic mass is 9.97. The molecule has 0 amide bonds. The van der Waals surface area contributed by atoms with Gasteiger partial charge in [-0.15, -0.1) is 0 Å². The van der Waals surface area contributed by atoms with Crippen molar-refractivity contribution in [2.24, 2.45) is 0 Å². The van der Waals surface area contributed by atoms with Gasteiger partial charge < -0.3 is 28.4 Å². The molecule has 0 aromatic rings. The highest BCUT2D eigenvalue weighted by atomic mass is 16.9. The number of carbonyl (C=O) groups is 2. The van der Waals surface area contributed by atoms with Crippen LogP contribution in [0.4, 0.5) is 0 Å². The number of ether oxygens (including phenoxy) is 6. The lowest BCUT2D eigenvalue weighted by Gasteiger charge is -2.40. The van der Waals surface area contributed by atoms with Crippen LogP contribution in [0, 0.1) is 0 Å². The Morgan fingerprint density at radius 3 is 2.46 bits per heavy atom. The first-order valence-corrected chi connectivity index (χ1v) is 8.05. The first kappa shape index (κ1) is 17.8. The Morgan fingerprint density at radius 1 is 1.08 bits per heavy atom. The number of hydrogen-bond acceptors (Lipinski definition) is 8. The van der Waals surface area contributed by atoms with Crippen LogP contribution in [0.1, 0.15) is 41.0 Å². The molecule has 3 aliphatic rings. The topological polar surface area (TPSA) is 89.5 Å². The molecule has 0 aromatic carbocycles. The highest BCUT2D eigenvalue weighted by molar-refractivity contribution is 5.94. The predicted octanol–water partition coefficient (Wildman–Crippen LogP) is 0.907. The summed E-state index contributed by atoms with van der Waals surface area (Å²) in [6, 6.07) is 0. The molecule has 0 radical (unpaired) electrons. The van der Waals surface area contributed by atoms with E-state index in [0.29, 0.717) is 0 Å². The van der Waals surface area contributed by atoms with Crippen LogP contribution in [0.15, 0.2) is 0 Å². The van der Waals surface area contributed by atoms with Gasteiger partial charge in [-0.3, -0.25) is 9.59 Å². The molecule has 0 spiro atoms. The molecule has 0 bridgehead atoms. The third kappa shape index (κ3) is 3.34. The summed E-state index contributed by atoms with van der Waals surface area (Å²) in [4.78, 5) is 22.8. The zero-order valence-electron chi connectivity index (χ0n) is 14.6. The van der Waals surface area contributed by atoms with E-state index >= 15 is 0 Å². The van der Waals surface area contributed by atoms with Crippen molar-refractivity contribution in [2.75, 3.05) is 13.2 Å². The Morgan fingerprint density at radius 2 is 1.79 bits per heavy atom. The van der Waals surface area contributed by atoms with Crippen molar-refractivity contribution >= 4 is 11.8 Å². The number of Topliss-reactive ketones (excluding diaryl/α,β-unsaturated/α-hetero) is 1. The van der Waals surface area contributed by atoms with Crippen LogP contribution in [-0.4, -0.2) is 60.6 Å². The third-order valence-corrected chi connectivity index (χ3v) is 4.10. The van der Waals surface area contributed by atoms with Gasteiger partial charge in [-0.1, -0.05) is 0 Å². The maximum atomic E-state index is 11.7. The van der Waals surface area contributed by atoms with Gasteiger partial charge in [0.05, 0.1) is 6.61 Å². The number of carbonyl (C=O) groups excluding carboxylic acids is 2. The van der Waals surface area contributed by atoms with E-state index in [9.17, 15) is 9.59 Å². The molecule has 0 aromatic heterocycles. The average Bonchev–Trinajstić information content (AvgIpc) is 2.87. The molecule has 0 unspecified atom stereocenters. The van der Waals surface area contributed by atoms with E-state index in [1.165, 1.54) is 6.92 Å². The van der Waals surface area contributed by atoms with Gasteiger partial charge in [-0.2, -0.15) is 0 Å². The van der Waals surface area contributed by atoms with Crippen molar-refractivity contribution in [3.05, 3.63) is 0 Å². The van der Waals surface area contributed by atoms with Gasteiger partial charge in [0, 0.05) is 0 Å². The number of esters is 1. The van der Waals surface area contributed by atoms with Crippen LogP contribution in [0.25, 0.3) is 0 Å². The molecule has 0 N–H and O–H groups in total. The van der Waals surface area contributed by atoms with E-state index in [0.717, 1.165) is 0 Å². The monoisotopic (exact) mass is 344 g/mol. The molecule has 4 atom stereocenters. The summed E-state index contributed by atoms with van der Waals surface area (Å²) in [7, 11) is 0. The Hall–Kier alpha value is -1.06. The highest BCUT2D eigenvalue weighted by Crippen LogP contribution is 2.47. The number of hydrogen-bond donors (Lipinski definition) is 0. The summed E-state index contributed by atoms with van der Waals surface area (Å²) in [5.41, 5.74) is 0. The number of fused-ring (bicyclic) bond motifs is 3. The Labute approximate surface area is 140 Å². The minimum atomic E-state index is -1.28. The van der Waals surface area contributed by atoms with Crippen LogP contribution in [0.3, 0.4) is 0 Å². The van der Waals surface area contributed by atoms with Crippen molar-refractivity contribution in [3.63, 3.8) is 0 Å². The summed E-state index contributed by atoms with van der Waals surface area (Å²) < 4.78 is 34.7. The quantitative estimate of drug-likeness (QED) is 0.549. The van der Waals surface area contributed by atoms with Gasteiger partial charge in [-0.05, 0) is 34.6 Å². The first-order valence-electron chi connectivity index (χ1n) is 8.05. The minimum Gasteiger partial charge on any atom is -0.459 e. The molecule has 8 nitrogen and oxygen atoms in total. The molecule has 3 rings (SSSR count). The van der Waals surface area contributed by atoms with Gasteiger partial charge in [-0.25, -0.2) is 0 Å². The SMILES string of the molecule is CC(=O)CC(=O)OC[C@@]12OC[C@H]3OC(C)(C)O[C@H]3[C@@H]1OC(C)(C)O2. The van der Waals surface area contributed by atoms with Crippen molar-refractivity contribution in [3.8, 4) is 0 Å². The summed E-state index contributed by atoms with van der Waals surface area (Å²) in [6.45, 7) is 8.53. The maximum Gasteiger partial charge on any atom is 0.313 e. The second kappa shape index (κ2) is 5.74. The Kier molecular flexibility index (Phi) is 4.25. The molecule has 3 heterocycles. The summed E-state index contributed by atoms with van der Waals surface area (Å²) >= 11 is 0. The maximum absolute atomic E-state index is 11.7. The fraction of sp³-hybridized carbons (Fsp3) is 0.875. The summed E-state index contributed by atoms with van der Waals surface area (Å²) in [5, 5.41) is 0.